The number of nitro groups is 1. The zero-order valence-corrected chi connectivity index (χ0v) is 14.3. The van der Waals surface area contributed by atoms with Gasteiger partial charge in [-0.05, 0) is 17.7 Å². The second-order valence-electron chi connectivity index (χ2n) is 5.62. The predicted octanol–water partition coefficient (Wildman–Crippen LogP) is 2.83. The van der Waals surface area contributed by atoms with Crippen molar-refractivity contribution in [1.29, 1.82) is 0 Å². The molecule has 144 valence electrons. The lowest BCUT2D eigenvalue weighted by atomic mass is 10.1. The van der Waals surface area contributed by atoms with Crippen molar-refractivity contribution in [3.63, 3.8) is 0 Å². The Hall–Kier alpha value is -3.14. The molecule has 27 heavy (non-hydrogen) atoms. The Morgan fingerprint density at radius 2 is 1.93 bits per heavy atom. The highest BCUT2D eigenvalue weighted by Crippen LogP contribution is 2.27. The third-order valence-corrected chi connectivity index (χ3v) is 3.83. The summed E-state index contributed by atoms with van der Waals surface area (Å²) >= 11 is 0. The van der Waals surface area contributed by atoms with Crippen LogP contribution in [0.2, 0.25) is 0 Å². The Balaban J connectivity index is 2.28. The number of likely N-dealkylation sites (N-methyl/N-ethyl adjacent to an activating group) is 1. The van der Waals surface area contributed by atoms with E-state index in [0.29, 0.717) is 17.4 Å². The van der Waals surface area contributed by atoms with Crippen LogP contribution in [-0.4, -0.2) is 41.5 Å². The van der Waals surface area contributed by atoms with E-state index in [1.165, 1.54) is 20.2 Å². The van der Waals surface area contributed by atoms with Crippen LogP contribution in [0.3, 0.4) is 0 Å². The van der Waals surface area contributed by atoms with Crippen molar-refractivity contribution in [2.24, 2.45) is 0 Å². The summed E-state index contributed by atoms with van der Waals surface area (Å²) in [6.45, 7) is -0.335. The summed E-state index contributed by atoms with van der Waals surface area (Å²) in [4.78, 5) is 22.7. The molecule has 0 saturated heterocycles. The number of benzene rings is 2. The van der Waals surface area contributed by atoms with Crippen LogP contribution in [0, 0.1) is 27.6 Å². The second-order valence-corrected chi connectivity index (χ2v) is 5.62. The Bertz CT molecular complexity index is 891. The zero-order chi connectivity index (χ0) is 20.3. The summed E-state index contributed by atoms with van der Waals surface area (Å²) in [7, 11) is 2.61. The number of halogens is 3. The summed E-state index contributed by atoms with van der Waals surface area (Å²) in [5, 5.41) is 21.0. The maximum absolute atomic E-state index is 13.9. The number of nitrogens with zero attached hydrogens (tertiary/aromatic N) is 2. The van der Waals surface area contributed by atoms with Crippen molar-refractivity contribution in [3.8, 4) is 5.75 Å². The van der Waals surface area contributed by atoms with Crippen molar-refractivity contribution in [2.75, 3.05) is 20.7 Å². The number of nitro benzene ring substituents is 1. The van der Waals surface area contributed by atoms with Gasteiger partial charge in [0.1, 0.15) is 5.75 Å². The molecule has 1 unspecified atom stereocenters. The highest BCUT2D eigenvalue weighted by atomic mass is 19.2. The molecule has 1 N–H and O–H groups in total. The first kappa shape index (κ1) is 20.2. The molecule has 0 fully saturated rings. The van der Waals surface area contributed by atoms with Gasteiger partial charge >= 0.3 is 5.69 Å². The van der Waals surface area contributed by atoms with Gasteiger partial charge in [-0.2, -0.15) is 4.39 Å². The molecule has 0 heterocycles. The molecule has 0 saturated carbocycles. The lowest BCUT2D eigenvalue weighted by Crippen LogP contribution is -2.32. The number of methoxy groups -OCH3 is 1. The van der Waals surface area contributed by atoms with Gasteiger partial charge in [0, 0.05) is 13.1 Å². The van der Waals surface area contributed by atoms with Gasteiger partial charge in [0.15, 0.2) is 5.82 Å². The molecule has 2 rings (SSSR count). The van der Waals surface area contributed by atoms with Gasteiger partial charge in [-0.3, -0.25) is 14.9 Å². The smallest absolute Gasteiger partial charge is 0.308 e. The molecule has 0 spiro atoms. The Morgan fingerprint density at radius 3 is 2.52 bits per heavy atom. The van der Waals surface area contributed by atoms with Crippen LogP contribution in [-0.2, 0) is 0 Å². The van der Waals surface area contributed by atoms with Gasteiger partial charge in [0.05, 0.1) is 30.2 Å². The van der Waals surface area contributed by atoms with Gasteiger partial charge in [-0.1, -0.05) is 12.1 Å². The molecule has 0 aliphatic carbocycles. The third-order valence-electron chi connectivity index (χ3n) is 3.83. The van der Waals surface area contributed by atoms with Crippen LogP contribution in [0.4, 0.5) is 18.9 Å². The maximum atomic E-state index is 13.9. The highest BCUT2D eigenvalue weighted by Gasteiger charge is 2.30. The summed E-state index contributed by atoms with van der Waals surface area (Å²) in [6, 6.07) is 6.66. The fraction of sp³-hybridized carbons (Fsp3) is 0.235. The summed E-state index contributed by atoms with van der Waals surface area (Å²) in [6.07, 6.45) is -1.20. The SMILES string of the molecule is COc1cccc(C(O)CN(C)C(=O)c2cc([N+](=O)[O-])c(F)c(F)c2F)c1. The molecule has 2 aromatic carbocycles. The molecular weight excluding hydrogens is 369 g/mol. The monoisotopic (exact) mass is 384 g/mol. The van der Waals surface area contributed by atoms with E-state index in [9.17, 15) is 33.2 Å². The topological polar surface area (TPSA) is 92.9 Å². The van der Waals surface area contributed by atoms with Crippen molar-refractivity contribution in [1.82, 2.24) is 4.90 Å². The van der Waals surface area contributed by atoms with E-state index in [0.717, 1.165) is 4.90 Å². The first-order valence-corrected chi connectivity index (χ1v) is 7.56. The molecular formula is C17H15F3N2O5. The van der Waals surface area contributed by atoms with Crippen molar-refractivity contribution < 1.29 is 32.7 Å². The molecule has 0 aliphatic rings. The van der Waals surface area contributed by atoms with Gasteiger partial charge in [0.25, 0.3) is 5.91 Å². The van der Waals surface area contributed by atoms with Crippen LogP contribution in [0.15, 0.2) is 30.3 Å². The molecule has 0 radical (unpaired) electrons. The third kappa shape index (κ3) is 4.17. The molecule has 0 aliphatic heterocycles. The fourth-order valence-electron chi connectivity index (χ4n) is 2.38. The Morgan fingerprint density at radius 1 is 1.26 bits per heavy atom. The quantitative estimate of drug-likeness (QED) is 0.470. The van der Waals surface area contributed by atoms with Crippen molar-refractivity contribution >= 4 is 11.6 Å². The predicted molar refractivity (Wildman–Crippen MR) is 87.9 cm³/mol. The summed E-state index contributed by atoms with van der Waals surface area (Å²) in [5.41, 5.74) is -1.98. The van der Waals surface area contributed by atoms with Crippen molar-refractivity contribution in [2.45, 2.75) is 6.10 Å². The van der Waals surface area contributed by atoms with E-state index in [1.807, 2.05) is 0 Å². The second kappa shape index (κ2) is 8.04. The molecule has 1 atom stereocenters. The minimum absolute atomic E-state index is 0.324. The zero-order valence-electron chi connectivity index (χ0n) is 14.3. The first-order valence-electron chi connectivity index (χ1n) is 7.56. The Labute approximate surface area is 151 Å². The van der Waals surface area contributed by atoms with E-state index in [-0.39, 0.29) is 6.54 Å². The minimum Gasteiger partial charge on any atom is -0.497 e. The Kier molecular flexibility index (Phi) is 6.01. The van der Waals surface area contributed by atoms with E-state index in [4.69, 9.17) is 4.74 Å². The summed E-state index contributed by atoms with van der Waals surface area (Å²) < 4.78 is 45.9. The number of carbonyl (C=O) groups is 1. The number of amides is 1. The van der Waals surface area contributed by atoms with Crippen LogP contribution < -0.4 is 4.74 Å². The average molecular weight is 384 g/mol. The van der Waals surface area contributed by atoms with Crippen molar-refractivity contribution in [3.05, 3.63) is 69.0 Å². The van der Waals surface area contributed by atoms with Crippen LogP contribution in [0.25, 0.3) is 0 Å². The molecule has 0 bridgehead atoms. The lowest BCUT2D eigenvalue weighted by molar-refractivity contribution is -0.387. The fourth-order valence-corrected chi connectivity index (χ4v) is 2.38. The molecule has 2 aromatic rings. The van der Waals surface area contributed by atoms with E-state index in [1.54, 1.807) is 18.2 Å². The minimum atomic E-state index is -2.12. The number of rotatable bonds is 6. The number of hydrogen-bond donors (Lipinski definition) is 1. The van der Waals surface area contributed by atoms with Crippen LogP contribution in [0.5, 0.6) is 5.75 Å². The van der Waals surface area contributed by atoms with E-state index in [2.05, 4.69) is 0 Å². The molecule has 7 nitrogen and oxygen atoms in total. The number of carbonyl (C=O) groups excluding carboxylic acids is 1. The molecule has 1 amide bonds. The molecule has 0 aromatic heterocycles. The van der Waals surface area contributed by atoms with E-state index < -0.39 is 45.6 Å². The average Bonchev–Trinajstić information content (AvgIpc) is 2.65. The van der Waals surface area contributed by atoms with Crippen LogP contribution >= 0.6 is 0 Å². The standard InChI is InChI=1S/C17H15F3N2O5/c1-21(8-13(23)9-4-3-5-10(6-9)27-2)17(24)11-7-12(22(25)26)15(19)16(20)14(11)18/h3-7,13,23H,8H2,1-2H3. The highest BCUT2D eigenvalue weighted by molar-refractivity contribution is 5.95. The first-order chi connectivity index (χ1) is 12.7. The lowest BCUT2D eigenvalue weighted by Gasteiger charge is -2.21. The molecule has 10 heteroatoms. The number of aliphatic hydroxyl groups is 1. The van der Waals surface area contributed by atoms with Gasteiger partial charge < -0.3 is 14.7 Å². The largest absolute Gasteiger partial charge is 0.497 e. The number of ether oxygens (including phenoxy) is 1. The van der Waals surface area contributed by atoms with Gasteiger partial charge in [-0.25, -0.2) is 8.78 Å². The number of aliphatic hydroxyl groups excluding tert-OH is 1. The summed E-state index contributed by atoms with van der Waals surface area (Å²) in [5.74, 6) is -6.65. The van der Waals surface area contributed by atoms with E-state index >= 15 is 0 Å². The van der Waals surface area contributed by atoms with Gasteiger partial charge in [0.2, 0.25) is 11.6 Å². The maximum Gasteiger partial charge on any atom is 0.308 e. The van der Waals surface area contributed by atoms with Gasteiger partial charge in [-0.15, -0.1) is 0 Å². The van der Waals surface area contributed by atoms with Crippen LogP contribution in [0.1, 0.15) is 22.0 Å². The normalized spacial score (nSPS) is 11.8. The number of hydrogen-bond acceptors (Lipinski definition) is 5.